The second-order valence-corrected chi connectivity index (χ2v) is 4.19. The van der Waals surface area contributed by atoms with Crippen LogP contribution in [0.1, 0.15) is 46.5 Å². The summed E-state index contributed by atoms with van der Waals surface area (Å²) >= 11 is 0. The Labute approximate surface area is 119 Å². The van der Waals surface area contributed by atoms with E-state index in [1.165, 1.54) is 0 Å². The number of hydrogen-bond donors (Lipinski definition) is 2. The second kappa shape index (κ2) is 8.09. The molecule has 16 heavy (non-hydrogen) atoms. The van der Waals surface area contributed by atoms with E-state index >= 15 is 0 Å². The van der Waals surface area contributed by atoms with E-state index in [1.807, 2.05) is 6.92 Å². The van der Waals surface area contributed by atoms with Gasteiger partial charge in [0.25, 0.3) is 0 Å². The Balaban J connectivity index is 0. The molecule has 0 spiro atoms. The van der Waals surface area contributed by atoms with Crippen molar-refractivity contribution in [2.24, 2.45) is 11.3 Å². The summed E-state index contributed by atoms with van der Waals surface area (Å²) in [6.45, 7) is 5.29. The van der Waals surface area contributed by atoms with Crippen LogP contribution >= 0.6 is 0 Å². The molecule has 0 heterocycles. The topological polar surface area (TPSA) is 74.6 Å². The zero-order chi connectivity index (χ0) is 12.1. The van der Waals surface area contributed by atoms with Gasteiger partial charge in [-0.25, -0.2) is 0 Å². The van der Waals surface area contributed by atoms with Crippen LogP contribution in [-0.4, -0.2) is 51.7 Å². The molecule has 0 unspecified atom stereocenters. The first-order valence-electron chi connectivity index (χ1n) is 5.36. The number of rotatable bonds is 7. The molecule has 5 heteroatoms. The molecule has 0 aliphatic carbocycles. The number of hydrogen-bond acceptors (Lipinski definition) is 2. The molecule has 0 radical (unpaired) electrons. The fraction of sp³-hybridized carbons (Fsp3) is 0.818. The van der Waals surface area contributed by atoms with E-state index in [0.29, 0.717) is 6.42 Å². The van der Waals surface area contributed by atoms with Crippen molar-refractivity contribution in [2.45, 2.75) is 46.5 Å². The number of carboxylic acid groups (broad SMARTS) is 2. The van der Waals surface area contributed by atoms with Crippen molar-refractivity contribution in [1.82, 2.24) is 0 Å². The van der Waals surface area contributed by atoms with Gasteiger partial charge in [0.1, 0.15) is 0 Å². The molecule has 0 atom stereocenters. The Bertz CT molecular complexity index is 224. The maximum absolute atomic E-state index is 11.1. The molecule has 0 rings (SSSR count). The van der Waals surface area contributed by atoms with Crippen molar-refractivity contribution >= 4 is 41.5 Å². The summed E-state index contributed by atoms with van der Waals surface area (Å²) < 4.78 is 0. The zero-order valence-corrected chi connectivity index (χ0v) is 9.62. The van der Waals surface area contributed by atoms with E-state index in [9.17, 15) is 9.59 Å². The molecule has 0 aliphatic rings. The third-order valence-electron chi connectivity index (χ3n) is 2.92. The van der Waals surface area contributed by atoms with Crippen LogP contribution in [0.4, 0.5) is 0 Å². The van der Waals surface area contributed by atoms with Crippen LogP contribution in [0.15, 0.2) is 0 Å². The summed E-state index contributed by atoms with van der Waals surface area (Å²) in [6, 6.07) is 0. The molecule has 4 nitrogen and oxygen atoms in total. The van der Waals surface area contributed by atoms with Gasteiger partial charge in [-0.15, -0.1) is 0 Å². The van der Waals surface area contributed by atoms with E-state index in [2.05, 4.69) is 0 Å². The molecule has 0 aromatic rings. The van der Waals surface area contributed by atoms with Crippen LogP contribution in [0.3, 0.4) is 0 Å². The predicted octanol–water partition coefficient (Wildman–Crippen LogP) is 1.73. The molecule has 0 aliphatic heterocycles. The fourth-order valence-electron chi connectivity index (χ4n) is 1.74. The molecule has 90 valence electrons. The predicted molar refractivity (Wildman–Crippen MR) is 63.8 cm³/mol. The van der Waals surface area contributed by atoms with Crippen molar-refractivity contribution in [2.75, 3.05) is 0 Å². The number of carboxylic acids is 2. The Hall–Kier alpha value is -0.0600. The van der Waals surface area contributed by atoms with Crippen LogP contribution in [-0.2, 0) is 9.59 Å². The first kappa shape index (κ1) is 18.3. The summed E-state index contributed by atoms with van der Waals surface area (Å²) in [5.41, 5.74) is -1.62. The molecule has 0 saturated heterocycles. The van der Waals surface area contributed by atoms with Gasteiger partial charge in [-0.3, -0.25) is 9.59 Å². The first-order chi connectivity index (χ1) is 6.89. The minimum absolute atomic E-state index is 0. The summed E-state index contributed by atoms with van der Waals surface area (Å²) in [5.74, 6) is -2.84. The monoisotopic (exact) mass is 240 g/mol. The summed E-state index contributed by atoms with van der Waals surface area (Å²) in [5, 5.41) is 18.2. The Kier molecular flexibility index (Phi) is 9.26. The Morgan fingerprint density at radius 1 is 1.12 bits per heavy atom. The fourth-order valence-corrected chi connectivity index (χ4v) is 1.74. The minimum atomic E-state index is -1.62. The molecule has 2 N–H and O–H groups in total. The molecular formula is C11H21NaO4. The molecule has 0 aromatic carbocycles. The molecule has 0 fully saturated rings. The van der Waals surface area contributed by atoms with E-state index in [1.54, 1.807) is 13.8 Å². The van der Waals surface area contributed by atoms with Crippen molar-refractivity contribution in [1.29, 1.82) is 0 Å². The number of aliphatic carboxylic acids is 2. The van der Waals surface area contributed by atoms with Gasteiger partial charge in [-0.2, -0.15) is 0 Å². The third-order valence-corrected chi connectivity index (χ3v) is 2.92. The van der Waals surface area contributed by atoms with E-state index in [0.717, 1.165) is 12.8 Å². The van der Waals surface area contributed by atoms with Crippen LogP contribution in [0, 0.1) is 11.3 Å². The molecule has 0 aromatic heterocycles. The molecular weight excluding hydrogens is 219 g/mol. The van der Waals surface area contributed by atoms with Crippen LogP contribution in [0.2, 0.25) is 0 Å². The van der Waals surface area contributed by atoms with E-state index in [-0.39, 0.29) is 36.0 Å². The van der Waals surface area contributed by atoms with Crippen molar-refractivity contribution in [3.63, 3.8) is 0 Å². The molecule has 0 saturated carbocycles. The van der Waals surface area contributed by atoms with Gasteiger partial charge in [0.2, 0.25) is 0 Å². The second-order valence-electron chi connectivity index (χ2n) is 4.19. The van der Waals surface area contributed by atoms with Crippen molar-refractivity contribution in [3.8, 4) is 0 Å². The summed E-state index contributed by atoms with van der Waals surface area (Å²) in [4.78, 5) is 22.2. The van der Waals surface area contributed by atoms with Crippen LogP contribution < -0.4 is 0 Å². The van der Waals surface area contributed by atoms with E-state index in [4.69, 9.17) is 10.2 Å². The van der Waals surface area contributed by atoms with Gasteiger partial charge in [-0.1, -0.05) is 40.0 Å². The summed E-state index contributed by atoms with van der Waals surface area (Å²) in [7, 11) is 0. The number of carbonyl (C=O) groups is 2. The van der Waals surface area contributed by atoms with Gasteiger partial charge in [0.15, 0.2) is 5.41 Å². The van der Waals surface area contributed by atoms with Gasteiger partial charge in [0, 0.05) is 0 Å². The Morgan fingerprint density at radius 2 is 1.56 bits per heavy atom. The molecule has 0 amide bonds. The molecule has 0 bridgehead atoms. The average molecular weight is 240 g/mol. The third kappa shape index (κ3) is 4.07. The maximum atomic E-state index is 11.1. The first-order valence-corrected chi connectivity index (χ1v) is 5.36. The number of unbranched alkanes of at least 4 members (excludes halogenated alkanes) is 2. The summed E-state index contributed by atoms with van der Waals surface area (Å²) in [6.07, 6.45) is 2.68. The standard InChI is InChI=1S/C11H20O4.Na.H/c1-4-5-6-7-11(8(2)3,9(12)13)10(14)15;;/h8H,4-7H2,1-3H3,(H,12,13)(H,14,15);;. The van der Waals surface area contributed by atoms with Crippen molar-refractivity contribution < 1.29 is 19.8 Å². The van der Waals surface area contributed by atoms with Gasteiger partial charge < -0.3 is 10.2 Å². The van der Waals surface area contributed by atoms with Gasteiger partial charge in [0.05, 0.1) is 0 Å². The van der Waals surface area contributed by atoms with Crippen LogP contribution in [0.25, 0.3) is 0 Å². The zero-order valence-electron chi connectivity index (χ0n) is 9.62. The normalized spacial score (nSPS) is 11.0. The quantitative estimate of drug-likeness (QED) is 0.404. The SMILES string of the molecule is CCCCCC(C(=O)O)(C(=O)O)C(C)C.[NaH]. The average Bonchev–Trinajstić information content (AvgIpc) is 2.10. The van der Waals surface area contributed by atoms with E-state index < -0.39 is 23.3 Å². The van der Waals surface area contributed by atoms with Gasteiger partial charge >= 0.3 is 41.5 Å². The van der Waals surface area contributed by atoms with Crippen molar-refractivity contribution in [3.05, 3.63) is 0 Å². The van der Waals surface area contributed by atoms with Crippen LogP contribution in [0.5, 0.6) is 0 Å². The Morgan fingerprint density at radius 3 is 1.81 bits per heavy atom. The van der Waals surface area contributed by atoms with Gasteiger partial charge in [-0.05, 0) is 12.3 Å².